The van der Waals surface area contributed by atoms with Crippen molar-refractivity contribution >= 4 is 22.6 Å². The lowest BCUT2D eigenvalue weighted by atomic mass is 10.3. The molecule has 14 heavy (non-hydrogen) atoms. The standard InChI is InChI=1S/C5H8N8S/c1-2(3-9-12-13-10-3)7-5-8-4(6)11-14-5/h2H,1H3,(H3,6,7,8,11)(H,9,10,12,13). The van der Waals surface area contributed by atoms with Gasteiger partial charge in [0.15, 0.2) is 5.82 Å². The molecule has 0 aliphatic rings. The Morgan fingerprint density at radius 2 is 2.43 bits per heavy atom. The zero-order valence-electron chi connectivity index (χ0n) is 7.30. The average molecular weight is 212 g/mol. The summed E-state index contributed by atoms with van der Waals surface area (Å²) in [5, 5.41) is 17.2. The largest absolute Gasteiger partial charge is 0.367 e. The summed E-state index contributed by atoms with van der Waals surface area (Å²) in [5.41, 5.74) is 5.37. The Labute approximate surface area is 83.1 Å². The minimum atomic E-state index is -0.0823. The van der Waals surface area contributed by atoms with Crippen LogP contribution in [0.3, 0.4) is 0 Å². The summed E-state index contributed by atoms with van der Waals surface area (Å²) in [6, 6.07) is -0.0823. The molecule has 0 amide bonds. The molecule has 2 aromatic rings. The van der Waals surface area contributed by atoms with Gasteiger partial charge in [-0.15, -0.1) is 10.2 Å². The van der Waals surface area contributed by atoms with E-state index in [1.54, 1.807) is 0 Å². The summed E-state index contributed by atoms with van der Waals surface area (Å²) in [6.45, 7) is 1.89. The number of nitrogens with zero attached hydrogens (tertiary/aromatic N) is 5. The normalized spacial score (nSPS) is 12.6. The second kappa shape index (κ2) is 3.54. The smallest absolute Gasteiger partial charge is 0.233 e. The molecule has 4 N–H and O–H groups in total. The van der Waals surface area contributed by atoms with Crippen molar-refractivity contribution in [3.63, 3.8) is 0 Å². The lowest BCUT2D eigenvalue weighted by Gasteiger charge is -2.06. The van der Waals surface area contributed by atoms with E-state index in [1.165, 1.54) is 11.5 Å². The van der Waals surface area contributed by atoms with E-state index in [-0.39, 0.29) is 12.0 Å². The van der Waals surface area contributed by atoms with Gasteiger partial charge in [0.25, 0.3) is 0 Å². The first kappa shape index (κ1) is 8.81. The van der Waals surface area contributed by atoms with Gasteiger partial charge in [0, 0.05) is 11.5 Å². The van der Waals surface area contributed by atoms with Crippen LogP contribution in [0.4, 0.5) is 11.1 Å². The fourth-order valence-corrected chi connectivity index (χ4v) is 1.48. The maximum absolute atomic E-state index is 5.37. The molecule has 0 saturated carbocycles. The number of aromatic nitrogens is 6. The van der Waals surface area contributed by atoms with Gasteiger partial charge in [-0.2, -0.15) is 14.6 Å². The van der Waals surface area contributed by atoms with Crippen molar-refractivity contribution in [1.82, 2.24) is 30.0 Å². The summed E-state index contributed by atoms with van der Waals surface area (Å²) in [5.74, 6) is 0.830. The Bertz CT molecular complexity index is 394. The zero-order chi connectivity index (χ0) is 9.97. The molecule has 2 rings (SSSR count). The molecule has 0 saturated heterocycles. The first-order valence-corrected chi connectivity index (χ1v) is 4.62. The quantitative estimate of drug-likeness (QED) is 0.645. The van der Waals surface area contributed by atoms with Crippen molar-refractivity contribution in [1.29, 1.82) is 0 Å². The van der Waals surface area contributed by atoms with E-state index in [0.29, 0.717) is 11.0 Å². The molecule has 0 fully saturated rings. The molecule has 1 atom stereocenters. The summed E-state index contributed by atoms with van der Waals surface area (Å²) in [4.78, 5) is 3.95. The lowest BCUT2D eigenvalue weighted by molar-refractivity contribution is 0.792. The van der Waals surface area contributed by atoms with Crippen LogP contribution in [0.2, 0.25) is 0 Å². The fourth-order valence-electron chi connectivity index (χ4n) is 0.896. The van der Waals surface area contributed by atoms with E-state index >= 15 is 0 Å². The number of nitrogen functional groups attached to an aromatic ring is 1. The van der Waals surface area contributed by atoms with Crippen molar-refractivity contribution in [2.24, 2.45) is 0 Å². The number of hydrogen-bond acceptors (Lipinski definition) is 8. The van der Waals surface area contributed by atoms with Crippen molar-refractivity contribution < 1.29 is 0 Å². The minimum Gasteiger partial charge on any atom is -0.367 e. The van der Waals surface area contributed by atoms with Gasteiger partial charge in [0.1, 0.15) is 0 Å². The van der Waals surface area contributed by atoms with E-state index < -0.39 is 0 Å². The number of rotatable bonds is 3. The van der Waals surface area contributed by atoms with E-state index in [2.05, 4.69) is 35.3 Å². The topological polar surface area (TPSA) is 118 Å². The monoisotopic (exact) mass is 212 g/mol. The number of anilines is 2. The second-order valence-corrected chi connectivity index (χ2v) is 3.35. The molecule has 1 unspecified atom stereocenters. The van der Waals surface area contributed by atoms with Crippen LogP contribution < -0.4 is 11.1 Å². The van der Waals surface area contributed by atoms with Crippen LogP contribution in [-0.4, -0.2) is 30.0 Å². The second-order valence-electron chi connectivity index (χ2n) is 2.59. The summed E-state index contributed by atoms with van der Waals surface area (Å²) < 4.78 is 3.83. The first-order chi connectivity index (χ1) is 6.75. The van der Waals surface area contributed by atoms with Gasteiger partial charge < -0.3 is 11.1 Å². The van der Waals surface area contributed by atoms with Gasteiger partial charge in [0.2, 0.25) is 11.1 Å². The molecule has 0 aliphatic heterocycles. The van der Waals surface area contributed by atoms with E-state index in [9.17, 15) is 0 Å². The van der Waals surface area contributed by atoms with E-state index in [0.717, 1.165) is 0 Å². The minimum absolute atomic E-state index is 0.0823. The van der Waals surface area contributed by atoms with Crippen molar-refractivity contribution in [3.8, 4) is 0 Å². The molecule has 0 aliphatic carbocycles. The molecular weight excluding hydrogens is 204 g/mol. The summed E-state index contributed by atoms with van der Waals surface area (Å²) in [7, 11) is 0. The molecule has 2 aromatic heterocycles. The fraction of sp³-hybridized carbons (Fsp3) is 0.400. The maximum atomic E-state index is 5.37. The molecule has 2 heterocycles. The van der Waals surface area contributed by atoms with Crippen LogP contribution in [-0.2, 0) is 0 Å². The lowest BCUT2D eigenvalue weighted by Crippen LogP contribution is -2.08. The van der Waals surface area contributed by atoms with Crippen LogP contribution in [0, 0.1) is 0 Å². The first-order valence-electron chi connectivity index (χ1n) is 3.85. The number of tetrazole rings is 1. The van der Waals surface area contributed by atoms with Gasteiger partial charge in [-0.3, -0.25) is 0 Å². The SMILES string of the molecule is CC(Nc1nc(N)ns1)c1nn[nH]n1. The predicted molar refractivity (Wildman–Crippen MR) is 50.5 cm³/mol. The predicted octanol–water partition coefficient (Wildman–Crippen LogP) is -0.194. The molecule has 0 radical (unpaired) electrons. The molecule has 0 spiro atoms. The van der Waals surface area contributed by atoms with E-state index in [1.807, 2.05) is 6.92 Å². The number of aromatic amines is 1. The van der Waals surface area contributed by atoms with Gasteiger partial charge in [-0.05, 0) is 6.92 Å². The van der Waals surface area contributed by atoms with Crippen LogP contribution in [0.25, 0.3) is 0 Å². The third kappa shape index (κ3) is 1.76. The maximum Gasteiger partial charge on any atom is 0.233 e. The molecule has 74 valence electrons. The highest BCUT2D eigenvalue weighted by atomic mass is 32.1. The van der Waals surface area contributed by atoms with E-state index in [4.69, 9.17) is 5.73 Å². The third-order valence-electron chi connectivity index (χ3n) is 1.53. The highest BCUT2D eigenvalue weighted by molar-refractivity contribution is 7.09. The Hall–Kier alpha value is -1.77. The summed E-state index contributed by atoms with van der Waals surface area (Å²) >= 11 is 1.19. The van der Waals surface area contributed by atoms with Crippen LogP contribution in [0.15, 0.2) is 0 Å². The zero-order valence-corrected chi connectivity index (χ0v) is 8.12. The van der Waals surface area contributed by atoms with Crippen LogP contribution in [0.5, 0.6) is 0 Å². The van der Waals surface area contributed by atoms with Crippen LogP contribution >= 0.6 is 11.5 Å². The number of nitrogens with two attached hydrogens (primary N) is 1. The third-order valence-corrected chi connectivity index (χ3v) is 2.19. The van der Waals surface area contributed by atoms with Crippen molar-refractivity contribution in [2.75, 3.05) is 11.1 Å². The van der Waals surface area contributed by atoms with Crippen molar-refractivity contribution in [2.45, 2.75) is 13.0 Å². The Kier molecular flexibility index (Phi) is 2.23. The Balaban J connectivity index is 2.05. The molecule has 0 bridgehead atoms. The molecular formula is C5H8N8S. The number of hydrogen-bond donors (Lipinski definition) is 3. The van der Waals surface area contributed by atoms with Gasteiger partial charge in [-0.1, -0.05) is 5.21 Å². The molecule has 9 heteroatoms. The van der Waals surface area contributed by atoms with Gasteiger partial charge in [-0.25, -0.2) is 0 Å². The number of nitrogens with one attached hydrogen (secondary N) is 2. The molecule has 8 nitrogen and oxygen atoms in total. The Morgan fingerprint density at radius 3 is 3.00 bits per heavy atom. The molecule has 0 aromatic carbocycles. The summed E-state index contributed by atoms with van der Waals surface area (Å²) in [6.07, 6.45) is 0. The average Bonchev–Trinajstić information content (AvgIpc) is 2.75. The Morgan fingerprint density at radius 1 is 1.57 bits per heavy atom. The van der Waals surface area contributed by atoms with Crippen molar-refractivity contribution in [3.05, 3.63) is 5.82 Å². The van der Waals surface area contributed by atoms with Gasteiger partial charge >= 0.3 is 0 Å². The van der Waals surface area contributed by atoms with Crippen LogP contribution in [0.1, 0.15) is 18.8 Å². The van der Waals surface area contributed by atoms with Gasteiger partial charge in [0.05, 0.1) is 6.04 Å². The highest BCUT2D eigenvalue weighted by Crippen LogP contribution is 2.17. The number of H-pyrrole nitrogens is 1. The highest BCUT2D eigenvalue weighted by Gasteiger charge is 2.11.